The van der Waals surface area contributed by atoms with Crippen LogP contribution in [-0.4, -0.2) is 15.4 Å². The molecule has 2 N–H and O–H groups in total. The molecule has 0 aliphatic rings. The SMILES string of the molecule is CCc1ccn2nc3sc(C(C)=O)c(N)c3c2c1. The van der Waals surface area contributed by atoms with Crippen LogP contribution in [0.5, 0.6) is 0 Å². The fraction of sp³-hybridized carbons (Fsp3) is 0.231. The zero-order valence-electron chi connectivity index (χ0n) is 10.2. The summed E-state index contributed by atoms with van der Waals surface area (Å²) < 4.78 is 1.82. The van der Waals surface area contributed by atoms with Gasteiger partial charge in [0, 0.05) is 13.1 Å². The number of aryl methyl sites for hydroxylation is 1. The molecule has 0 unspecified atom stereocenters. The third kappa shape index (κ3) is 1.44. The van der Waals surface area contributed by atoms with E-state index in [2.05, 4.69) is 18.1 Å². The molecule has 0 saturated heterocycles. The molecule has 3 aromatic heterocycles. The number of ketones is 1. The van der Waals surface area contributed by atoms with Crippen molar-refractivity contribution >= 4 is 38.5 Å². The first-order chi connectivity index (χ1) is 8.61. The van der Waals surface area contributed by atoms with E-state index in [-0.39, 0.29) is 5.78 Å². The van der Waals surface area contributed by atoms with Crippen molar-refractivity contribution in [1.29, 1.82) is 0 Å². The summed E-state index contributed by atoms with van der Waals surface area (Å²) in [5, 5.41) is 5.36. The van der Waals surface area contributed by atoms with E-state index in [9.17, 15) is 4.79 Å². The van der Waals surface area contributed by atoms with Crippen molar-refractivity contribution in [2.75, 3.05) is 5.73 Å². The second-order valence-electron chi connectivity index (χ2n) is 4.30. The molecule has 3 heterocycles. The van der Waals surface area contributed by atoms with Crippen LogP contribution >= 0.6 is 11.3 Å². The summed E-state index contributed by atoms with van der Waals surface area (Å²) in [4.78, 5) is 12.9. The topological polar surface area (TPSA) is 60.4 Å². The molecule has 0 bridgehead atoms. The number of pyridine rings is 1. The highest BCUT2D eigenvalue weighted by Crippen LogP contribution is 2.36. The average molecular weight is 259 g/mol. The van der Waals surface area contributed by atoms with Gasteiger partial charge in [0.15, 0.2) is 5.78 Å². The lowest BCUT2D eigenvalue weighted by Crippen LogP contribution is -1.95. The van der Waals surface area contributed by atoms with Crippen molar-refractivity contribution < 1.29 is 4.79 Å². The van der Waals surface area contributed by atoms with Crippen LogP contribution in [0.1, 0.15) is 29.1 Å². The van der Waals surface area contributed by atoms with E-state index in [1.165, 1.54) is 23.8 Å². The molecule has 18 heavy (non-hydrogen) atoms. The van der Waals surface area contributed by atoms with Crippen LogP contribution in [0.3, 0.4) is 0 Å². The Labute approximate surface area is 108 Å². The largest absolute Gasteiger partial charge is 0.397 e. The minimum atomic E-state index is 0.000274. The molecule has 4 nitrogen and oxygen atoms in total. The first-order valence-electron chi connectivity index (χ1n) is 5.82. The number of carbonyl (C=O) groups excluding carboxylic acids is 1. The average Bonchev–Trinajstić information content (AvgIpc) is 2.85. The number of hydrogen-bond donors (Lipinski definition) is 1. The predicted molar refractivity (Wildman–Crippen MR) is 74.4 cm³/mol. The van der Waals surface area contributed by atoms with Crippen LogP contribution < -0.4 is 5.73 Å². The summed E-state index contributed by atoms with van der Waals surface area (Å²) in [6.45, 7) is 3.64. The Balaban J connectivity index is 2.41. The molecule has 5 heteroatoms. The van der Waals surface area contributed by atoms with E-state index in [0.717, 1.165) is 22.2 Å². The highest BCUT2D eigenvalue weighted by molar-refractivity contribution is 7.21. The maximum absolute atomic E-state index is 11.5. The monoisotopic (exact) mass is 259 g/mol. The van der Waals surface area contributed by atoms with Crippen molar-refractivity contribution in [3.8, 4) is 0 Å². The maximum atomic E-state index is 11.5. The van der Waals surface area contributed by atoms with Crippen LogP contribution in [0.25, 0.3) is 15.7 Å². The van der Waals surface area contributed by atoms with Gasteiger partial charge < -0.3 is 5.73 Å². The minimum Gasteiger partial charge on any atom is -0.397 e. The van der Waals surface area contributed by atoms with Crippen molar-refractivity contribution in [2.24, 2.45) is 0 Å². The molecule has 0 radical (unpaired) electrons. The molecule has 0 spiro atoms. The van der Waals surface area contributed by atoms with Gasteiger partial charge in [-0.15, -0.1) is 11.3 Å². The Morgan fingerprint density at radius 2 is 2.33 bits per heavy atom. The third-order valence-corrected chi connectivity index (χ3v) is 4.30. The fourth-order valence-corrected chi connectivity index (χ4v) is 3.13. The molecule has 3 rings (SSSR count). The van der Waals surface area contributed by atoms with E-state index in [1.807, 2.05) is 16.8 Å². The molecular formula is C13H13N3OS. The molecule has 0 atom stereocenters. The summed E-state index contributed by atoms with van der Waals surface area (Å²) in [7, 11) is 0. The van der Waals surface area contributed by atoms with Gasteiger partial charge in [0.2, 0.25) is 0 Å². The van der Waals surface area contributed by atoms with Crippen LogP contribution in [0.2, 0.25) is 0 Å². The lowest BCUT2D eigenvalue weighted by Gasteiger charge is -1.99. The van der Waals surface area contributed by atoms with Gasteiger partial charge in [0.1, 0.15) is 4.83 Å². The Hall–Kier alpha value is -1.88. The molecule has 0 aliphatic carbocycles. The number of nitrogens with two attached hydrogens (primary N) is 1. The van der Waals surface area contributed by atoms with Crippen molar-refractivity contribution in [3.05, 3.63) is 28.8 Å². The first-order valence-corrected chi connectivity index (χ1v) is 6.63. The molecule has 0 aromatic carbocycles. The Morgan fingerprint density at radius 3 is 3.00 bits per heavy atom. The second kappa shape index (κ2) is 3.81. The standard InChI is InChI=1S/C13H13N3OS/c1-3-8-4-5-16-9(6-8)10-11(14)12(7(2)17)18-13(10)15-16/h4-6H,3,14H2,1-2H3. The number of hydrogen-bond acceptors (Lipinski definition) is 4. The second-order valence-corrected chi connectivity index (χ2v) is 5.30. The van der Waals surface area contributed by atoms with Crippen LogP contribution in [0, 0.1) is 0 Å². The van der Waals surface area contributed by atoms with E-state index >= 15 is 0 Å². The number of nitrogens with zero attached hydrogens (tertiary/aromatic N) is 2. The lowest BCUT2D eigenvalue weighted by atomic mass is 10.1. The molecular weight excluding hydrogens is 246 g/mol. The van der Waals surface area contributed by atoms with Gasteiger partial charge in [0.25, 0.3) is 0 Å². The van der Waals surface area contributed by atoms with Gasteiger partial charge in [-0.25, -0.2) is 4.52 Å². The van der Waals surface area contributed by atoms with Gasteiger partial charge >= 0.3 is 0 Å². The minimum absolute atomic E-state index is 0.000274. The molecule has 0 amide bonds. The summed E-state index contributed by atoms with van der Waals surface area (Å²) in [6, 6.07) is 4.13. The summed E-state index contributed by atoms with van der Waals surface area (Å²) >= 11 is 1.36. The molecule has 92 valence electrons. The van der Waals surface area contributed by atoms with Crippen LogP contribution in [0.15, 0.2) is 18.3 Å². The number of fused-ring (bicyclic) bond motifs is 3. The number of anilines is 1. The molecule has 3 aromatic rings. The smallest absolute Gasteiger partial charge is 0.171 e. The zero-order chi connectivity index (χ0) is 12.9. The van der Waals surface area contributed by atoms with Gasteiger partial charge in [-0.2, -0.15) is 5.10 Å². The quantitative estimate of drug-likeness (QED) is 0.720. The fourth-order valence-electron chi connectivity index (χ4n) is 2.14. The number of carbonyl (C=O) groups is 1. The zero-order valence-corrected chi connectivity index (χ0v) is 11.0. The number of rotatable bonds is 2. The lowest BCUT2D eigenvalue weighted by molar-refractivity contribution is 0.102. The molecule has 0 aliphatic heterocycles. The van der Waals surface area contributed by atoms with E-state index in [0.29, 0.717) is 10.6 Å². The Kier molecular flexibility index (Phi) is 2.38. The summed E-state index contributed by atoms with van der Waals surface area (Å²) in [6.07, 6.45) is 2.90. The Bertz CT molecular complexity index is 769. The maximum Gasteiger partial charge on any atom is 0.171 e. The van der Waals surface area contributed by atoms with Crippen molar-refractivity contribution in [3.63, 3.8) is 0 Å². The van der Waals surface area contributed by atoms with Gasteiger partial charge in [-0.1, -0.05) is 6.92 Å². The van der Waals surface area contributed by atoms with Crippen LogP contribution in [-0.2, 0) is 6.42 Å². The van der Waals surface area contributed by atoms with E-state index in [4.69, 9.17) is 5.73 Å². The summed E-state index contributed by atoms with van der Waals surface area (Å²) in [5.41, 5.74) is 8.85. The van der Waals surface area contributed by atoms with E-state index in [1.54, 1.807) is 0 Å². The first kappa shape index (κ1) is 11.2. The number of nitrogen functional groups attached to an aromatic ring is 1. The van der Waals surface area contributed by atoms with Crippen LogP contribution in [0.4, 0.5) is 5.69 Å². The third-order valence-electron chi connectivity index (χ3n) is 3.11. The number of aromatic nitrogens is 2. The van der Waals surface area contributed by atoms with Crippen molar-refractivity contribution in [2.45, 2.75) is 20.3 Å². The highest BCUT2D eigenvalue weighted by atomic mass is 32.1. The highest BCUT2D eigenvalue weighted by Gasteiger charge is 2.18. The number of thiophene rings is 1. The molecule has 0 saturated carbocycles. The normalized spacial score (nSPS) is 11.4. The van der Waals surface area contributed by atoms with Gasteiger partial charge in [-0.3, -0.25) is 4.79 Å². The summed E-state index contributed by atoms with van der Waals surface area (Å²) in [5.74, 6) is 0.000274. The van der Waals surface area contributed by atoms with Gasteiger partial charge in [0.05, 0.1) is 21.5 Å². The van der Waals surface area contributed by atoms with E-state index < -0.39 is 0 Å². The number of Topliss-reactive ketones (excluding diaryl/α,β-unsaturated/α-hetero) is 1. The van der Waals surface area contributed by atoms with Crippen molar-refractivity contribution in [1.82, 2.24) is 9.61 Å². The Morgan fingerprint density at radius 1 is 1.56 bits per heavy atom. The molecule has 0 fully saturated rings. The van der Waals surface area contributed by atoms with Gasteiger partial charge in [-0.05, 0) is 24.1 Å². The predicted octanol–water partition coefficient (Wildman–Crippen LogP) is 2.90.